The van der Waals surface area contributed by atoms with Crippen molar-refractivity contribution in [2.24, 2.45) is 17.0 Å². The van der Waals surface area contributed by atoms with Crippen molar-refractivity contribution in [3.8, 4) is 0 Å². The van der Waals surface area contributed by atoms with Gasteiger partial charge in [-0.2, -0.15) is 0 Å². The summed E-state index contributed by atoms with van der Waals surface area (Å²) in [5.74, 6) is 1.40. The highest BCUT2D eigenvalue weighted by molar-refractivity contribution is 5.59. The maximum atomic E-state index is 8.35. The van der Waals surface area contributed by atoms with E-state index in [2.05, 4.69) is 12.1 Å². The van der Waals surface area contributed by atoms with Gasteiger partial charge in [0.1, 0.15) is 0 Å². The van der Waals surface area contributed by atoms with Crippen molar-refractivity contribution < 1.29 is 5.21 Å². The molecule has 1 aliphatic carbocycles. The highest BCUT2D eigenvalue weighted by Gasteiger charge is 2.14. The zero-order chi connectivity index (χ0) is 8.10. The monoisotopic (exact) mass is 155 g/mol. The summed E-state index contributed by atoms with van der Waals surface area (Å²) in [5, 5.41) is 11.4. The molecular weight excluding hydrogens is 138 g/mol. The summed E-state index contributed by atoms with van der Waals surface area (Å²) in [6.45, 7) is 2.30. The van der Waals surface area contributed by atoms with Crippen LogP contribution in [0, 0.1) is 11.8 Å². The molecule has 11 heavy (non-hydrogen) atoms. The summed E-state index contributed by atoms with van der Waals surface area (Å²) in [5.41, 5.74) is 0. The molecule has 0 aliphatic heterocycles. The lowest BCUT2D eigenvalue weighted by Crippen LogP contribution is -1.99. The third-order valence-corrected chi connectivity index (χ3v) is 2.58. The van der Waals surface area contributed by atoms with Gasteiger partial charge in [-0.05, 0) is 24.7 Å². The van der Waals surface area contributed by atoms with Crippen molar-refractivity contribution in [3.63, 3.8) is 0 Å². The van der Waals surface area contributed by atoms with Crippen molar-refractivity contribution in [1.29, 1.82) is 0 Å². The smallest absolute Gasteiger partial charge is 0.0466 e. The Kier molecular flexibility index (Phi) is 3.40. The van der Waals surface area contributed by atoms with Crippen LogP contribution in [0.2, 0.25) is 0 Å². The molecule has 0 aromatic carbocycles. The molecule has 2 heteroatoms. The summed E-state index contributed by atoms with van der Waals surface area (Å²) in [6, 6.07) is 0. The fourth-order valence-corrected chi connectivity index (χ4v) is 1.76. The van der Waals surface area contributed by atoms with Gasteiger partial charge in [-0.25, -0.2) is 0 Å². The summed E-state index contributed by atoms with van der Waals surface area (Å²) in [6.07, 6.45) is 8.02. The molecule has 0 amide bonds. The summed E-state index contributed by atoms with van der Waals surface area (Å²) in [7, 11) is 0. The average Bonchev–Trinajstić information content (AvgIpc) is 2.17. The minimum absolute atomic E-state index is 0.532. The lowest BCUT2D eigenvalue weighted by Gasteiger charge is -2.05. The first-order valence-electron chi connectivity index (χ1n) is 4.50. The van der Waals surface area contributed by atoms with E-state index in [0.717, 1.165) is 5.92 Å². The minimum atomic E-state index is 0.532. The van der Waals surface area contributed by atoms with Crippen LogP contribution in [0.5, 0.6) is 0 Å². The lowest BCUT2D eigenvalue weighted by atomic mass is 10.0. The van der Waals surface area contributed by atoms with Crippen LogP contribution in [0.15, 0.2) is 5.16 Å². The third-order valence-electron chi connectivity index (χ3n) is 2.58. The number of hydrogen-bond acceptors (Lipinski definition) is 2. The van der Waals surface area contributed by atoms with Gasteiger partial charge < -0.3 is 5.21 Å². The van der Waals surface area contributed by atoms with Gasteiger partial charge in [0.05, 0.1) is 0 Å². The first-order valence-corrected chi connectivity index (χ1v) is 4.50. The van der Waals surface area contributed by atoms with Crippen LogP contribution in [0.1, 0.15) is 39.0 Å². The van der Waals surface area contributed by atoms with Crippen LogP contribution < -0.4 is 0 Å². The van der Waals surface area contributed by atoms with Crippen molar-refractivity contribution >= 4 is 6.21 Å². The van der Waals surface area contributed by atoms with Gasteiger partial charge in [0, 0.05) is 6.21 Å². The molecule has 1 rings (SSSR count). The minimum Gasteiger partial charge on any atom is -0.411 e. The van der Waals surface area contributed by atoms with E-state index in [9.17, 15) is 0 Å². The maximum Gasteiger partial charge on any atom is 0.0466 e. The van der Waals surface area contributed by atoms with E-state index in [1.807, 2.05) is 0 Å². The Morgan fingerprint density at radius 3 is 2.82 bits per heavy atom. The highest BCUT2D eigenvalue weighted by atomic mass is 16.4. The fourth-order valence-electron chi connectivity index (χ4n) is 1.76. The van der Waals surface area contributed by atoms with Crippen LogP contribution in [0.4, 0.5) is 0 Å². The Morgan fingerprint density at radius 1 is 1.27 bits per heavy atom. The third kappa shape index (κ3) is 2.91. The standard InChI is InChI=1S/C9H17NO/c1-8-3-2-4-9(6-5-8)7-10-11/h7-9,11H,2-6H2,1H3/b10-7+. The van der Waals surface area contributed by atoms with E-state index >= 15 is 0 Å². The second-order valence-electron chi connectivity index (χ2n) is 3.64. The van der Waals surface area contributed by atoms with Crippen LogP contribution >= 0.6 is 0 Å². The average molecular weight is 155 g/mol. The predicted octanol–water partition coefficient (Wildman–Crippen LogP) is 2.66. The molecule has 2 nitrogen and oxygen atoms in total. The predicted molar refractivity (Wildman–Crippen MR) is 46.0 cm³/mol. The summed E-state index contributed by atoms with van der Waals surface area (Å²) < 4.78 is 0. The van der Waals surface area contributed by atoms with Crippen molar-refractivity contribution in [2.45, 2.75) is 39.0 Å². The topological polar surface area (TPSA) is 32.6 Å². The molecule has 1 aliphatic rings. The van der Waals surface area contributed by atoms with Crippen molar-refractivity contribution in [3.05, 3.63) is 0 Å². The van der Waals surface area contributed by atoms with E-state index in [1.165, 1.54) is 32.1 Å². The van der Waals surface area contributed by atoms with E-state index in [1.54, 1.807) is 6.21 Å². The number of nitrogens with zero attached hydrogens (tertiary/aromatic N) is 1. The molecule has 1 saturated carbocycles. The van der Waals surface area contributed by atoms with Crippen molar-refractivity contribution in [1.82, 2.24) is 0 Å². The first-order chi connectivity index (χ1) is 5.33. The quantitative estimate of drug-likeness (QED) is 0.268. The van der Waals surface area contributed by atoms with Crippen LogP contribution in [0.25, 0.3) is 0 Å². The van der Waals surface area contributed by atoms with Gasteiger partial charge >= 0.3 is 0 Å². The summed E-state index contributed by atoms with van der Waals surface area (Å²) in [4.78, 5) is 0. The zero-order valence-electron chi connectivity index (χ0n) is 7.16. The lowest BCUT2D eigenvalue weighted by molar-refractivity contribution is 0.317. The molecule has 1 N–H and O–H groups in total. The van der Waals surface area contributed by atoms with Gasteiger partial charge in [-0.3, -0.25) is 0 Å². The van der Waals surface area contributed by atoms with Gasteiger partial charge in [0.25, 0.3) is 0 Å². The molecule has 64 valence electrons. The second kappa shape index (κ2) is 4.37. The van der Waals surface area contributed by atoms with Gasteiger partial charge in [-0.1, -0.05) is 26.2 Å². The Morgan fingerprint density at radius 2 is 2.09 bits per heavy atom. The summed E-state index contributed by atoms with van der Waals surface area (Å²) >= 11 is 0. The number of rotatable bonds is 1. The molecular formula is C9H17NO. The molecule has 0 spiro atoms. The van der Waals surface area contributed by atoms with Gasteiger partial charge in [0.2, 0.25) is 0 Å². The SMILES string of the molecule is CC1CCCC(/C=N/O)CC1. The molecule has 0 radical (unpaired) electrons. The van der Waals surface area contributed by atoms with E-state index in [-0.39, 0.29) is 0 Å². The Balaban J connectivity index is 2.33. The molecule has 2 atom stereocenters. The molecule has 0 aromatic heterocycles. The van der Waals surface area contributed by atoms with Crippen LogP contribution in [-0.4, -0.2) is 11.4 Å². The van der Waals surface area contributed by atoms with Crippen LogP contribution in [0.3, 0.4) is 0 Å². The van der Waals surface area contributed by atoms with E-state index in [4.69, 9.17) is 5.21 Å². The number of hydrogen-bond donors (Lipinski definition) is 1. The van der Waals surface area contributed by atoms with Gasteiger partial charge in [0.15, 0.2) is 0 Å². The molecule has 0 saturated heterocycles. The first kappa shape index (κ1) is 8.57. The van der Waals surface area contributed by atoms with Crippen LogP contribution in [-0.2, 0) is 0 Å². The molecule has 0 bridgehead atoms. The maximum absolute atomic E-state index is 8.35. The highest BCUT2D eigenvalue weighted by Crippen LogP contribution is 2.25. The zero-order valence-corrected chi connectivity index (χ0v) is 7.16. The fraction of sp³-hybridized carbons (Fsp3) is 0.889. The molecule has 0 heterocycles. The Bertz CT molecular complexity index is 134. The Hall–Kier alpha value is -0.530. The second-order valence-corrected chi connectivity index (χ2v) is 3.64. The Labute approximate surface area is 68.3 Å². The van der Waals surface area contributed by atoms with E-state index < -0.39 is 0 Å². The normalized spacial score (nSPS) is 33.9. The molecule has 1 fully saturated rings. The van der Waals surface area contributed by atoms with Gasteiger partial charge in [-0.15, -0.1) is 5.16 Å². The van der Waals surface area contributed by atoms with Crippen molar-refractivity contribution in [2.75, 3.05) is 0 Å². The number of oxime groups is 1. The largest absolute Gasteiger partial charge is 0.411 e. The van der Waals surface area contributed by atoms with E-state index in [0.29, 0.717) is 5.92 Å². The molecule has 0 aromatic rings. The molecule has 2 unspecified atom stereocenters.